The molecule has 2 heterocycles. The van der Waals surface area contributed by atoms with Gasteiger partial charge < -0.3 is 15.2 Å². The van der Waals surface area contributed by atoms with Crippen LogP contribution in [0, 0.1) is 5.82 Å². The van der Waals surface area contributed by atoms with E-state index in [0.717, 1.165) is 5.56 Å². The van der Waals surface area contributed by atoms with Crippen LogP contribution in [-0.4, -0.2) is 32.1 Å². The van der Waals surface area contributed by atoms with Crippen LogP contribution < -0.4 is 10.1 Å². The van der Waals surface area contributed by atoms with Gasteiger partial charge in [-0.2, -0.15) is 0 Å². The van der Waals surface area contributed by atoms with Crippen LogP contribution in [0.1, 0.15) is 11.3 Å². The van der Waals surface area contributed by atoms with Crippen LogP contribution in [-0.2, 0) is 17.8 Å². The Morgan fingerprint density at radius 2 is 1.73 bits per heavy atom. The van der Waals surface area contributed by atoms with Crippen molar-refractivity contribution in [3.63, 3.8) is 0 Å². The highest BCUT2D eigenvalue weighted by atomic mass is 19.1. The Kier molecular flexibility index (Phi) is 6.84. The lowest BCUT2D eigenvalue weighted by atomic mass is 10.1. The van der Waals surface area contributed by atoms with E-state index in [0.29, 0.717) is 23.6 Å². The van der Waals surface area contributed by atoms with Crippen LogP contribution in [0.2, 0.25) is 0 Å². The number of hydrogen-bond donors (Lipinski definition) is 2. The van der Waals surface area contributed by atoms with Gasteiger partial charge in [0.15, 0.2) is 11.6 Å². The first-order valence-corrected chi connectivity index (χ1v) is 10.3. The zero-order chi connectivity index (χ0) is 23.0. The first-order valence-electron chi connectivity index (χ1n) is 10.3. The lowest BCUT2D eigenvalue weighted by molar-refractivity contribution is -0.137. The van der Waals surface area contributed by atoms with E-state index in [-0.39, 0.29) is 17.9 Å². The molecule has 8 heteroatoms. The molecule has 2 aromatic carbocycles. The van der Waals surface area contributed by atoms with E-state index < -0.39 is 17.8 Å². The Labute approximate surface area is 190 Å². The molecule has 33 heavy (non-hydrogen) atoms. The van der Waals surface area contributed by atoms with E-state index in [4.69, 9.17) is 4.74 Å². The second-order valence-corrected chi connectivity index (χ2v) is 7.24. The normalized spacial score (nSPS) is 11.5. The van der Waals surface area contributed by atoms with Crippen LogP contribution in [0.4, 0.5) is 10.2 Å². The van der Waals surface area contributed by atoms with Crippen molar-refractivity contribution < 1.29 is 19.0 Å². The first-order chi connectivity index (χ1) is 16.1. The zero-order valence-corrected chi connectivity index (χ0v) is 17.6. The average molecular weight is 444 g/mol. The number of ether oxygens (including phenoxy) is 1. The highest BCUT2D eigenvalue weighted by Crippen LogP contribution is 2.26. The van der Waals surface area contributed by atoms with E-state index in [2.05, 4.69) is 20.3 Å². The largest absolute Gasteiger partial charge is 0.489 e. The van der Waals surface area contributed by atoms with Gasteiger partial charge in [0.2, 0.25) is 0 Å². The number of pyridine rings is 1. The Hall–Kier alpha value is -4.33. The molecular weight excluding hydrogens is 423 g/mol. The summed E-state index contributed by atoms with van der Waals surface area (Å²) in [6.45, 7) is 0.420. The maximum Gasteiger partial charge on any atom is 0.326 e. The van der Waals surface area contributed by atoms with Crippen molar-refractivity contribution in [2.24, 2.45) is 0 Å². The predicted molar refractivity (Wildman–Crippen MR) is 121 cm³/mol. The molecule has 4 rings (SSSR count). The third kappa shape index (κ3) is 5.68. The molecule has 0 aliphatic carbocycles. The Morgan fingerprint density at radius 3 is 2.42 bits per heavy atom. The van der Waals surface area contributed by atoms with Gasteiger partial charge in [-0.15, -0.1) is 0 Å². The van der Waals surface area contributed by atoms with Gasteiger partial charge in [0.05, 0.1) is 0 Å². The number of carboxylic acid groups (broad SMARTS) is 1. The molecule has 0 saturated heterocycles. The Bertz CT molecular complexity index is 1210. The SMILES string of the molecule is O=C(O)C(Cc1ccccn1)Nc1ncnc(-c2ccc(OCc3ccccc3)cc2)c1F. The van der Waals surface area contributed by atoms with Crippen molar-refractivity contribution in [2.45, 2.75) is 19.1 Å². The summed E-state index contributed by atoms with van der Waals surface area (Å²) in [5.74, 6) is -1.42. The maximum atomic E-state index is 15.2. The van der Waals surface area contributed by atoms with Gasteiger partial charge >= 0.3 is 5.97 Å². The fourth-order valence-electron chi connectivity index (χ4n) is 3.21. The number of aromatic nitrogens is 3. The molecule has 0 aliphatic heterocycles. The average Bonchev–Trinajstić information content (AvgIpc) is 2.85. The number of carboxylic acids is 1. The molecular formula is C25H21FN4O3. The standard InChI is InChI=1S/C25H21FN4O3/c26-22-23(18-9-11-20(12-10-18)33-15-17-6-2-1-3-7-17)28-16-29-24(22)30-21(25(31)32)14-19-8-4-5-13-27-19/h1-13,16,21H,14-15H2,(H,31,32)(H,28,29,30). The second kappa shape index (κ2) is 10.3. The van der Waals surface area contributed by atoms with E-state index in [1.165, 1.54) is 6.33 Å². The zero-order valence-electron chi connectivity index (χ0n) is 17.6. The molecule has 2 N–H and O–H groups in total. The number of anilines is 1. The van der Waals surface area contributed by atoms with Crippen molar-refractivity contribution in [1.82, 2.24) is 15.0 Å². The van der Waals surface area contributed by atoms with Gasteiger partial charge in [-0.3, -0.25) is 4.98 Å². The summed E-state index contributed by atoms with van der Waals surface area (Å²) >= 11 is 0. The van der Waals surface area contributed by atoms with Crippen molar-refractivity contribution >= 4 is 11.8 Å². The van der Waals surface area contributed by atoms with Crippen LogP contribution in [0.15, 0.2) is 85.3 Å². The molecule has 1 unspecified atom stereocenters. The van der Waals surface area contributed by atoms with Gasteiger partial charge in [0, 0.05) is 23.9 Å². The van der Waals surface area contributed by atoms with Crippen LogP contribution in [0.25, 0.3) is 11.3 Å². The fraction of sp³-hybridized carbons (Fsp3) is 0.120. The molecule has 2 aromatic heterocycles. The lowest BCUT2D eigenvalue weighted by Gasteiger charge is -2.16. The number of carbonyl (C=O) groups is 1. The second-order valence-electron chi connectivity index (χ2n) is 7.24. The molecule has 0 amide bonds. The minimum Gasteiger partial charge on any atom is -0.489 e. The van der Waals surface area contributed by atoms with Gasteiger partial charge in [0.1, 0.15) is 30.4 Å². The summed E-state index contributed by atoms with van der Waals surface area (Å²) in [4.78, 5) is 23.8. The highest BCUT2D eigenvalue weighted by Gasteiger charge is 2.22. The van der Waals surface area contributed by atoms with E-state index in [1.54, 1.807) is 48.7 Å². The number of halogens is 1. The smallest absolute Gasteiger partial charge is 0.326 e. The molecule has 166 valence electrons. The van der Waals surface area contributed by atoms with Crippen molar-refractivity contribution in [3.8, 4) is 17.0 Å². The maximum absolute atomic E-state index is 15.2. The first kappa shape index (κ1) is 21.9. The number of nitrogens with one attached hydrogen (secondary N) is 1. The quantitative estimate of drug-likeness (QED) is 0.396. The minimum atomic E-state index is -1.14. The molecule has 1 atom stereocenters. The topological polar surface area (TPSA) is 97.2 Å². The van der Waals surface area contributed by atoms with Gasteiger partial charge in [-0.1, -0.05) is 36.4 Å². The predicted octanol–water partition coefficient (Wildman–Crippen LogP) is 4.36. The van der Waals surface area contributed by atoms with Crippen LogP contribution in [0.5, 0.6) is 5.75 Å². The van der Waals surface area contributed by atoms with Crippen molar-refractivity contribution in [1.29, 1.82) is 0 Å². The highest BCUT2D eigenvalue weighted by molar-refractivity contribution is 5.77. The number of benzene rings is 2. The number of hydrogen-bond acceptors (Lipinski definition) is 6. The summed E-state index contributed by atoms with van der Waals surface area (Å²) in [6.07, 6.45) is 2.84. The number of aliphatic carboxylic acids is 1. The molecule has 0 spiro atoms. The van der Waals surface area contributed by atoms with Crippen molar-refractivity contribution in [3.05, 3.63) is 102 Å². The Balaban J connectivity index is 1.48. The number of nitrogens with zero attached hydrogens (tertiary/aromatic N) is 3. The van der Waals surface area contributed by atoms with Crippen LogP contribution >= 0.6 is 0 Å². The van der Waals surface area contributed by atoms with E-state index in [9.17, 15) is 9.90 Å². The summed E-state index contributed by atoms with van der Waals surface area (Å²) in [5, 5.41) is 12.2. The van der Waals surface area contributed by atoms with Crippen LogP contribution in [0.3, 0.4) is 0 Å². The summed E-state index contributed by atoms with van der Waals surface area (Å²) in [5.41, 5.74) is 2.18. The summed E-state index contributed by atoms with van der Waals surface area (Å²) < 4.78 is 20.9. The summed E-state index contributed by atoms with van der Waals surface area (Å²) in [7, 11) is 0. The molecule has 0 saturated carbocycles. The van der Waals surface area contributed by atoms with E-state index in [1.807, 2.05) is 30.3 Å². The van der Waals surface area contributed by atoms with Crippen molar-refractivity contribution in [2.75, 3.05) is 5.32 Å². The Morgan fingerprint density at radius 1 is 0.970 bits per heavy atom. The third-order valence-corrected chi connectivity index (χ3v) is 4.91. The third-order valence-electron chi connectivity index (χ3n) is 4.91. The molecule has 0 radical (unpaired) electrons. The minimum absolute atomic E-state index is 0.0593. The molecule has 7 nitrogen and oxygen atoms in total. The van der Waals surface area contributed by atoms with Gasteiger partial charge in [0.25, 0.3) is 0 Å². The van der Waals surface area contributed by atoms with Gasteiger partial charge in [-0.25, -0.2) is 19.2 Å². The van der Waals surface area contributed by atoms with Gasteiger partial charge in [-0.05, 0) is 42.0 Å². The molecule has 4 aromatic rings. The fourth-order valence-corrected chi connectivity index (χ4v) is 3.21. The molecule has 0 fully saturated rings. The summed E-state index contributed by atoms with van der Waals surface area (Å²) in [6, 6.07) is 20.7. The van der Waals surface area contributed by atoms with E-state index >= 15 is 4.39 Å². The monoisotopic (exact) mass is 444 g/mol. The molecule has 0 bridgehead atoms. The number of rotatable bonds is 9. The molecule has 0 aliphatic rings. The lowest BCUT2D eigenvalue weighted by Crippen LogP contribution is -2.32.